The van der Waals surface area contributed by atoms with Crippen molar-refractivity contribution in [1.82, 2.24) is 15.0 Å². The van der Waals surface area contributed by atoms with Crippen LogP contribution in [0.5, 0.6) is 11.5 Å². The van der Waals surface area contributed by atoms with Gasteiger partial charge in [-0.3, -0.25) is 0 Å². The number of para-hydroxylation sites is 1. The third-order valence-corrected chi connectivity index (χ3v) is 10.9. The van der Waals surface area contributed by atoms with Crippen LogP contribution in [0.3, 0.4) is 0 Å². The van der Waals surface area contributed by atoms with E-state index >= 15 is 0 Å². The molecule has 0 bridgehead atoms. The second kappa shape index (κ2) is 14.6. The van der Waals surface area contributed by atoms with Crippen LogP contribution in [0.4, 0.5) is 5.69 Å². The molecule has 9 aromatic rings. The van der Waals surface area contributed by atoms with E-state index in [0.717, 1.165) is 61.6 Å². The molecule has 0 atom stereocenters. The van der Waals surface area contributed by atoms with Gasteiger partial charge in [0.1, 0.15) is 11.5 Å². The van der Waals surface area contributed by atoms with E-state index in [0.29, 0.717) is 23.2 Å². The van der Waals surface area contributed by atoms with Gasteiger partial charge in [-0.1, -0.05) is 188 Å². The zero-order chi connectivity index (χ0) is 38.9. The van der Waals surface area contributed by atoms with E-state index in [-0.39, 0.29) is 0 Å². The molecule has 0 radical (unpaired) electrons. The van der Waals surface area contributed by atoms with Crippen LogP contribution in [0, 0.1) is 6.57 Å². The summed E-state index contributed by atoms with van der Waals surface area (Å²) >= 11 is 0. The Morgan fingerprint density at radius 2 is 0.810 bits per heavy atom. The molecule has 58 heavy (non-hydrogen) atoms. The van der Waals surface area contributed by atoms with Crippen LogP contribution in [-0.4, -0.2) is 15.0 Å². The molecule has 5 nitrogen and oxygen atoms in total. The average molecular weight is 743 g/mol. The van der Waals surface area contributed by atoms with Gasteiger partial charge in [-0.05, 0) is 51.6 Å². The van der Waals surface area contributed by atoms with Crippen molar-refractivity contribution in [2.75, 3.05) is 0 Å². The normalized spacial score (nSPS) is 12.4. The maximum Gasteiger partial charge on any atom is 0.187 e. The number of hydrogen-bond donors (Lipinski definition) is 0. The van der Waals surface area contributed by atoms with Gasteiger partial charge >= 0.3 is 0 Å². The van der Waals surface area contributed by atoms with Crippen molar-refractivity contribution in [1.29, 1.82) is 0 Å². The fraction of sp³-hybridized carbons (Fsp3) is 0.0189. The second-order valence-corrected chi connectivity index (χ2v) is 14.3. The summed E-state index contributed by atoms with van der Waals surface area (Å²) in [5.74, 6) is 3.34. The van der Waals surface area contributed by atoms with E-state index in [1.165, 1.54) is 11.1 Å². The Labute approximate surface area is 337 Å². The number of fused-ring (bicyclic) bond motifs is 2. The van der Waals surface area contributed by atoms with Crippen LogP contribution in [0.15, 0.2) is 206 Å². The van der Waals surface area contributed by atoms with E-state index in [1.54, 1.807) is 12.1 Å². The van der Waals surface area contributed by atoms with E-state index in [1.807, 2.05) is 48.5 Å². The van der Waals surface area contributed by atoms with E-state index in [2.05, 4.69) is 150 Å². The van der Waals surface area contributed by atoms with E-state index in [9.17, 15) is 0 Å². The number of rotatable bonds is 7. The van der Waals surface area contributed by atoms with Gasteiger partial charge in [-0.2, -0.15) is 0 Å². The first-order chi connectivity index (χ1) is 28.7. The molecule has 0 aliphatic carbocycles. The van der Waals surface area contributed by atoms with E-state index < -0.39 is 5.41 Å². The van der Waals surface area contributed by atoms with E-state index in [4.69, 9.17) is 26.3 Å². The first kappa shape index (κ1) is 34.5. The van der Waals surface area contributed by atoms with Crippen molar-refractivity contribution in [2.45, 2.75) is 5.41 Å². The van der Waals surface area contributed by atoms with Gasteiger partial charge in [0.2, 0.25) is 0 Å². The Morgan fingerprint density at radius 3 is 1.45 bits per heavy atom. The lowest BCUT2D eigenvalue weighted by Gasteiger charge is -2.41. The van der Waals surface area contributed by atoms with Crippen molar-refractivity contribution in [3.05, 3.63) is 240 Å². The molecule has 1 aromatic heterocycles. The third-order valence-electron chi connectivity index (χ3n) is 10.9. The summed E-state index contributed by atoms with van der Waals surface area (Å²) in [5.41, 5.74) is 11.4. The predicted octanol–water partition coefficient (Wildman–Crippen LogP) is 13.2. The Hall–Kier alpha value is -7.94. The minimum absolute atomic E-state index is 0.540. The largest absolute Gasteiger partial charge is 0.457 e. The molecule has 0 saturated heterocycles. The van der Waals surface area contributed by atoms with Crippen LogP contribution < -0.4 is 4.74 Å². The van der Waals surface area contributed by atoms with Gasteiger partial charge in [0.25, 0.3) is 0 Å². The van der Waals surface area contributed by atoms with Gasteiger partial charge in [0, 0.05) is 27.8 Å². The Balaban J connectivity index is 1.06. The quantitative estimate of drug-likeness (QED) is 0.153. The number of aromatic nitrogens is 3. The molecule has 0 saturated carbocycles. The lowest BCUT2D eigenvalue weighted by atomic mass is 9.63. The number of benzene rings is 8. The van der Waals surface area contributed by atoms with Crippen molar-refractivity contribution in [3.63, 3.8) is 0 Å². The maximum absolute atomic E-state index is 7.42. The molecule has 0 spiro atoms. The molecular formula is C53H34N4O. The van der Waals surface area contributed by atoms with Gasteiger partial charge in [-0.25, -0.2) is 19.8 Å². The third kappa shape index (κ3) is 6.10. The minimum Gasteiger partial charge on any atom is -0.457 e. The van der Waals surface area contributed by atoms with Crippen LogP contribution in [0.1, 0.15) is 22.3 Å². The molecule has 5 heteroatoms. The molecule has 272 valence electrons. The van der Waals surface area contributed by atoms with Crippen LogP contribution in [0.25, 0.3) is 61.3 Å². The standard InChI is InChI=1S/C53H34N4O/c1-54-45-31-28-39(29-32-45)51-55-50(56-52(57-51)42-17-13-16-40(34-42)36-14-5-2-6-15-36)38-26-24-37(25-27-38)41-30-33-47-49(35-41)58-48-23-12-11-22-46(48)53(47,43-18-7-3-8-19-43)44-20-9-4-10-21-44/h2-35H. The molecular weight excluding hydrogens is 709 g/mol. The Morgan fingerprint density at radius 1 is 0.362 bits per heavy atom. The lowest BCUT2D eigenvalue weighted by Crippen LogP contribution is -2.34. The fourth-order valence-corrected chi connectivity index (χ4v) is 8.12. The highest BCUT2D eigenvalue weighted by Gasteiger charge is 2.45. The molecule has 2 heterocycles. The molecule has 1 aliphatic rings. The summed E-state index contributed by atoms with van der Waals surface area (Å²) in [4.78, 5) is 18.5. The molecule has 1 aliphatic heterocycles. The summed E-state index contributed by atoms with van der Waals surface area (Å²) in [6, 6.07) is 70.7. The zero-order valence-corrected chi connectivity index (χ0v) is 31.3. The lowest BCUT2D eigenvalue weighted by molar-refractivity contribution is 0.435. The SMILES string of the molecule is [C-]#[N+]c1ccc(-c2nc(-c3ccc(-c4ccc5c(c4)Oc4ccccc4C5(c4ccccc4)c4ccccc4)cc3)nc(-c3cccc(-c4ccccc4)c3)n2)cc1. The topological polar surface area (TPSA) is 52.3 Å². The van der Waals surface area contributed by atoms with Crippen LogP contribution >= 0.6 is 0 Å². The summed E-state index contributed by atoms with van der Waals surface area (Å²) < 4.78 is 6.75. The summed E-state index contributed by atoms with van der Waals surface area (Å²) in [5, 5.41) is 0. The zero-order valence-electron chi connectivity index (χ0n) is 31.3. The fourth-order valence-electron chi connectivity index (χ4n) is 8.12. The van der Waals surface area contributed by atoms with Crippen molar-refractivity contribution >= 4 is 5.69 Å². The monoisotopic (exact) mass is 742 g/mol. The minimum atomic E-state index is -0.569. The van der Waals surface area contributed by atoms with Gasteiger partial charge in [-0.15, -0.1) is 0 Å². The molecule has 0 fully saturated rings. The van der Waals surface area contributed by atoms with Crippen LogP contribution in [-0.2, 0) is 5.41 Å². The number of hydrogen-bond acceptors (Lipinski definition) is 4. The first-order valence-electron chi connectivity index (χ1n) is 19.2. The number of nitrogens with zero attached hydrogens (tertiary/aromatic N) is 4. The van der Waals surface area contributed by atoms with Gasteiger partial charge in [0.15, 0.2) is 23.2 Å². The maximum atomic E-state index is 7.42. The van der Waals surface area contributed by atoms with Crippen molar-refractivity contribution in [3.8, 4) is 67.9 Å². The Bertz CT molecular complexity index is 2920. The van der Waals surface area contributed by atoms with Crippen molar-refractivity contribution in [2.24, 2.45) is 0 Å². The smallest absolute Gasteiger partial charge is 0.187 e. The summed E-state index contributed by atoms with van der Waals surface area (Å²) in [6.07, 6.45) is 0. The van der Waals surface area contributed by atoms with Gasteiger partial charge in [0.05, 0.1) is 12.0 Å². The average Bonchev–Trinajstić information content (AvgIpc) is 3.31. The highest BCUT2D eigenvalue weighted by molar-refractivity contribution is 5.77. The highest BCUT2D eigenvalue weighted by atomic mass is 16.5. The molecule has 0 unspecified atom stereocenters. The molecule has 8 aromatic carbocycles. The second-order valence-electron chi connectivity index (χ2n) is 14.3. The summed E-state index contributed by atoms with van der Waals surface area (Å²) in [6.45, 7) is 7.42. The van der Waals surface area contributed by atoms with Gasteiger partial charge < -0.3 is 4.74 Å². The molecule has 0 amide bonds. The molecule has 0 N–H and O–H groups in total. The van der Waals surface area contributed by atoms with Crippen molar-refractivity contribution < 1.29 is 4.74 Å². The summed E-state index contributed by atoms with van der Waals surface area (Å²) in [7, 11) is 0. The highest BCUT2D eigenvalue weighted by Crippen LogP contribution is 2.55. The number of ether oxygens (including phenoxy) is 1. The first-order valence-corrected chi connectivity index (χ1v) is 19.2. The molecule has 10 rings (SSSR count). The predicted molar refractivity (Wildman–Crippen MR) is 232 cm³/mol. The van der Waals surface area contributed by atoms with Crippen LogP contribution in [0.2, 0.25) is 0 Å². The Kier molecular flexibility index (Phi) is 8.70.